The molecule has 0 aliphatic carbocycles. The monoisotopic (exact) mass is 376 g/mol. The average molecular weight is 376 g/mol. The maximum atomic E-state index is 12.6. The summed E-state index contributed by atoms with van der Waals surface area (Å²) in [6, 6.07) is 11.8. The minimum absolute atomic E-state index is 0.333. The van der Waals surface area contributed by atoms with E-state index in [2.05, 4.69) is 17.1 Å². The molecule has 1 saturated heterocycles. The molecule has 27 heavy (non-hydrogen) atoms. The molecule has 2 aromatic rings. The molecule has 0 bridgehead atoms. The van der Waals surface area contributed by atoms with Crippen LogP contribution < -0.4 is 5.32 Å². The van der Waals surface area contributed by atoms with Gasteiger partial charge in [-0.3, -0.25) is 9.69 Å². The van der Waals surface area contributed by atoms with Crippen LogP contribution in [0.25, 0.3) is 0 Å². The molecule has 1 heterocycles. The zero-order chi connectivity index (χ0) is 19.4. The number of alkyl halides is 3. The number of likely N-dealkylation sites (tertiary alicyclic amines) is 1. The van der Waals surface area contributed by atoms with E-state index in [-0.39, 0.29) is 5.91 Å². The summed E-state index contributed by atoms with van der Waals surface area (Å²) in [5.41, 5.74) is 1.22. The SMILES string of the molecule is CC1CCCN(Cc2ccc(C(=O)Nc3ccc(C(F)(F)F)cc3)cc2)C1. The van der Waals surface area contributed by atoms with Gasteiger partial charge < -0.3 is 5.32 Å². The third kappa shape index (κ3) is 5.32. The first kappa shape index (κ1) is 19.4. The standard InChI is InChI=1S/C21H23F3N2O/c1-15-3-2-12-26(13-15)14-16-4-6-17(7-5-16)20(27)25-19-10-8-18(9-11-19)21(22,23)24/h4-11,15H,2-3,12-14H2,1H3,(H,25,27). The van der Waals surface area contributed by atoms with E-state index in [1.165, 1.54) is 25.0 Å². The van der Waals surface area contributed by atoms with Gasteiger partial charge >= 0.3 is 6.18 Å². The zero-order valence-corrected chi connectivity index (χ0v) is 15.2. The van der Waals surface area contributed by atoms with Gasteiger partial charge in [-0.15, -0.1) is 0 Å². The van der Waals surface area contributed by atoms with Gasteiger partial charge in [-0.2, -0.15) is 13.2 Å². The molecule has 3 rings (SSSR count). The van der Waals surface area contributed by atoms with Crippen molar-refractivity contribution in [2.24, 2.45) is 5.92 Å². The number of amides is 1. The average Bonchev–Trinajstić information content (AvgIpc) is 2.62. The lowest BCUT2D eigenvalue weighted by atomic mass is 9.99. The van der Waals surface area contributed by atoms with E-state index in [0.29, 0.717) is 17.2 Å². The highest BCUT2D eigenvalue weighted by molar-refractivity contribution is 6.04. The topological polar surface area (TPSA) is 32.3 Å². The van der Waals surface area contributed by atoms with Crippen LogP contribution in [0.5, 0.6) is 0 Å². The Bertz CT molecular complexity index is 770. The highest BCUT2D eigenvalue weighted by Crippen LogP contribution is 2.29. The van der Waals surface area contributed by atoms with Crippen LogP contribution in [0.1, 0.15) is 41.3 Å². The third-order valence-electron chi connectivity index (χ3n) is 4.83. The first-order valence-electron chi connectivity index (χ1n) is 9.11. The Morgan fingerprint density at radius 2 is 1.78 bits per heavy atom. The van der Waals surface area contributed by atoms with Crippen LogP contribution in [0.2, 0.25) is 0 Å². The number of nitrogens with zero attached hydrogens (tertiary/aromatic N) is 1. The van der Waals surface area contributed by atoms with Crippen LogP contribution in [0.15, 0.2) is 48.5 Å². The summed E-state index contributed by atoms with van der Waals surface area (Å²) in [5.74, 6) is 0.375. The van der Waals surface area contributed by atoms with Crippen molar-refractivity contribution >= 4 is 11.6 Å². The summed E-state index contributed by atoms with van der Waals surface area (Å²) in [6.07, 6.45) is -1.89. The number of anilines is 1. The molecule has 0 spiro atoms. The van der Waals surface area contributed by atoms with Gasteiger partial charge in [-0.1, -0.05) is 19.1 Å². The summed E-state index contributed by atoms with van der Waals surface area (Å²) in [5, 5.41) is 2.63. The summed E-state index contributed by atoms with van der Waals surface area (Å²) in [7, 11) is 0. The van der Waals surface area contributed by atoms with E-state index in [0.717, 1.165) is 37.3 Å². The van der Waals surface area contributed by atoms with Crippen LogP contribution in [-0.2, 0) is 12.7 Å². The quantitative estimate of drug-likeness (QED) is 0.796. The number of hydrogen-bond acceptors (Lipinski definition) is 2. The molecule has 2 aromatic carbocycles. The van der Waals surface area contributed by atoms with Crippen LogP contribution in [0.4, 0.5) is 18.9 Å². The van der Waals surface area contributed by atoms with Crippen molar-refractivity contribution in [2.75, 3.05) is 18.4 Å². The molecule has 1 aliphatic heterocycles. The minimum atomic E-state index is -4.38. The third-order valence-corrected chi connectivity index (χ3v) is 4.83. The van der Waals surface area contributed by atoms with Gasteiger partial charge in [0.1, 0.15) is 0 Å². The zero-order valence-electron chi connectivity index (χ0n) is 15.2. The second-order valence-electron chi connectivity index (χ2n) is 7.21. The van der Waals surface area contributed by atoms with Crippen LogP contribution in [0, 0.1) is 5.92 Å². The van der Waals surface area contributed by atoms with Crippen molar-refractivity contribution in [1.29, 1.82) is 0 Å². The normalized spacial score (nSPS) is 18.3. The largest absolute Gasteiger partial charge is 0.416 e. The molecule has 1 amide bonds. The second-order valence-corrected chi connectivity index (χ2v) is 7.21. The Hall–Kier alpha value is -2.34. The number of hydrogen-bond donors (Lipinski definition) is 1. The number of carbonyl (C=O) groups is 1. The maximum Gasteiger partial charge on any atom is 0.416 e. The molecule has 0 aromatic heterocycles. The Morgan fingerprint density at radius 1 is 1.11 bits per heavy atom. The summed E-state index contributed by atoms with van der Waals surface area (Å²) in [4.78, 5) is 14.7. The van der Waals surface area contributed by atoms with Crippen molar-refractivity contribution in [3.8, 4) is 0 Å². The first-order chi connectivity index (χ1) is 12.8. The van der Waals surface area contributed by atoms with Gasteiger partial charge in [0, 0.05) is 24.3 Å². The van der Waals surface area contributed by atoms with E-state index in [1.54, 1.807) is 12.1 Å². The molecule has 1 atom stereocenters. The van der Waals surface area contributed by atoms with Gasteiger partial charge in [0.25, 0.3) is 5.91 Å². The number of nitrogens with one attached hydrogen (secondary N) is 1. The van der Waals surface area contributed by atoms with Gasteiger partial charge in [-0.05, 0) is 67.3 Å². The summed E-state index contributed by atoms with van der Waals surface area (Å²) >= 11 is 0. The highest BCUT2D eigenvalue weighted by Gasteiger charge is 2.30. The van der Waals surface area contributed by atoms with Gasteiger partial charge in [0.2, 0.25) is 0 Å². The Kier molecular flexibility index (Phi) is 5.85. The summed E-state index contributed by atoms with van der Waals surface area (Å²) in [6.45, 7) is 5.32. The fourth-order valence-corrected chi connectivity index (χ4v) is 3.40. The fourth-order valence-electron chi connectivity index (χ4n) is 3.40. The lowest BCUT2D eigenvalue weighted by Gasteiger charge is -2.30. The molecule has 3 nitrogen and oxygen atoms in total. The number of carbonyl (C=O) groups excluding carboxylic acids is 1. The van der Waals surface area contributed by atoms with Gasteiger partial charge in [-0.25, -0.2) is 0 Å². The smallest absolute Gasteiger partial charge is 0.322 e. The van der Waals surface area contributed by atoms with Crippen molar-refractivity contribution < 1.29 is 18.0 Å². The number of halogens is 3. The van der Waals surface area contributed by atoms with Crippen molar-refractivity contribution in [3.05, 3.63) is 65.2 Å². The van der Waals surface area contributed by atoms with E-state index >= 15 is 0 Å². The lowest BCUT2D eigenvalue weighted by Crippen LogP contribution is -2.33. The molecule has 1 unspecified atom stereocenters. The molecule has 0 radical (unpaired) electrons. The number of rotatable bonds is 4. The molecule has 1 fully saturated rings. The van der Waals surface area contributed by atoms with Crippen molar-refractivity contribution in [3.63, 3.8) is 0 Å². The minimum Gasteiger partial charge on any atom is -0.322 e. The van der Waals surface area contributed by atoms with E-state index in [9.17, 15) is 18.0 Å². The molecule has 144 valence electrons. The van der Waals surface area contributed by atoms with Crippen molar-refractivity contribution in [2.45, 2.75) is 32.5 Å². The Morgan fingerprint density at radius 3 is 2.37 bits per heavy atom. The summed E-state index contributed by atoms with van der Waals surface area (Å²) < 4.78 is 37.8. The van der Waals surface area contributed by atoms with E-state index < -0.39 is 11.7 Å². The van der Waals surface area contributed by atoms with Crippen LogP contribution >= 0.6 is 0 Å². The Balaban J connectivity index is 1.58. The molecule has 1 aliphatic rings. The number of benzene rings is 2. The van der Waals surface area contributed by atoms with Crippen LogP contribution in [0.3, 0.4) is 0 Å². The number of piperidine rings is 1. The van der Waals surface area contributed by atoms with Crippen molar-refractivity contribution in [1.82, 2.24) is 4.90 Å². The molecular formula is C21H23F3N2O. The predicted octanol–water partition coefficient (Wildman–Crippen LogP) is 5.19. The van der Waals surface area contributed by atoms with E-state index in [4.69, 9.17) is 0 Å². The first-order valence-corrected chi connectivity index (χ1v) is 9.11. The molecular weight excluding hydrogens is 353 g/mol. The molecule has 6 heteroatoms. The maximum absolute atomic E-state index is 12.6. The van der Waals surface area contributed by atoms with E-state index in [1.807, 2.05) is 12.1 Å². The molecule has 1 N–H and O–H groups in total. The van der Waals surface area contributed by atoms with Crippen LogP contribution in [-0.4, -0.2) is 23.9 Å². The predicted molar refractivity (Wildman–Crippen MR) is 99.5 cm³/mol. The van der Waals surface area contributed by atoms with Gasteiger partial charge in [0.15, 0.2) is 0 Å². The lowest BCUT2D eigenvalue weighted by molar-refractivity contribution is -0.137. The van der Waals surface area contributed by atoms with Gasteiger partial charge in [0.05, 0.1) is 5.56 Å². The highest BCUT2D eigenvalue weighted by atomic mass is 19.4. The fraction of sp³-hybridized carbons (Fsp3) is 0.381. The second kappa shape index (κ2) is 8.13. The Labute approximate surface area is 157 Å². The molecule has 0 saturated carbocycles.